The molecule has 1 unspecified atom stereocenters. The summed E-state index contributed by atoms with van der Waals surface area (Å²) in [5, 5.41) is 16.6. The summed E-state index contributed by atoms with van der Waals surface area (Å²) in [6.45, 7) is 12.5. The molecule has 1 aromatic rings. The maximum absolute atomic E-state index is 12.9. The van der Waals surface area contributed by atoms with Crippen molar-refractivity contribution in [1.29, 1.82) is 0 Å². The summed E-state index contributed by atoms with van der Waals surface area (Å²) >= 11 is 0. The maximum atomic E-state index is 12.9. The average molecular weight is 868 g/mol. The highest BCUT2D eigenvalue weighted by molar-refractivity contribution is 5.89. The van der Waals surface area contributed by atoms with Gasteiger partial charge in [0.2, 0.25) is 17.7 Å². The normalized spacial score (nSPS) is 12.0. The largest absolute Gasteiger partial charge is 0.494 e. The monoisotopic (exact) mass is 868 g/mol. The molecule has 0 bridgehead atoms. The molecule has 0 aliphatic rings. The molecule has 4 N–H and O–H groups in total. The third-order valence-electron chi connectivity index (χ3n) is 8.33. The number of benzene rings is 1. The molecule has 0 aromatic heterocycles. The number of carboxylic acid groups (broad SMARTS) is 1. The van der Waals surface area contributed by atoms with E-state index in [0.717, 1.165) is 57.1 Å². The minimum Gasteiger partial charge on any atom is -0.494 e. The number of carbonyl (C=O) groups is 6. The van der Waals surface area contributed by atoms with Gasteiger partial charge in [0.25, 0.3) is 0 Å². The van der Waals surface area contributed by atoms with E-state index < -0.39 is 29.2 Å². The van der Waals surface area contributed by atoms with Gasteiger partial charge in [-0.3, -0.25) is 14.4 Å². The Labute approximate surface area is 362 Å². The summed E-state index contributed by atoms with van der Waals surface area (Å²) in [7, 11) is 0. The van der Waals surface area contributed by atoms with Crippen molar-refractivity contribution in [2.24, 2.45) is 0 Å². The quantitative estimate of drug-likeness (QED) is 0.0526. The molecule has 0 spiro atoms. The van der Waals surface area contributed by atoms with Crippen LogP contribution in [0.15, 0.2) is 24.3 Å². The standard InChI is InChI=1S/C44H73N3O14/c1-43(2,3)60-41(53)34-17-19-35(20-18-34)59-25-15-13-11-9-7-8-10-12-14-16-38(49)47-36(42(54)61-44(4,5)6)21-22-37(48)45-23-26-55-28-30-57-32-39(50)46-24-27-56-29-31-58-33-40(51)52/h17-20,36H,7-16,21-33H2,1-6H3,(H,45,48)(H,46,50)(H,47,49)(H,51,52). The Morgan fingerprint density at radius 1 is 0.557 bits per heavy atom. The summed E-state index contributed by atoms with van der Waals surface area (Å²) in [5.74, 6) is -2.13. The van der Waals surface area contributed by atoms with E-state index in [2.05, 4.69) is 16.0 Å². The Balaban J connectivity index is 2.14. The molecule has 61 heavy (non-hydrogen) atoms. The van der Waals surface area contributed by atoms with Crippen LogP contribution >= 0.6 is 0 Å². The third-order valence-corrected chi connectivity index (χ3v) is 8.33. The van der Waals surface area contributed by atoms with Crippen molar-refractivity contribution in [1.82, 2.24) is 16.0 Å². The Kier molecular flexibility index (Phi) is 29.1. The van der Waals surface area contributed by atoms with Crippen LogP contribution in [0.5, 0.6) is 5.75 Å². The van der Waals surface area contributed by atoms with Gasteiger partial charge in [-0.2, -0.15) is 0 Å². The highest BCUT2D eigenvalue weighted by Crippen LogP contribution is 2.17. The lowest BCUT2D eigenvalue weighted by molar-refractivity contribution is -0.159. The summed E-state index contributed by atoms with van der Waals surface area (Å²) in [5.41, 5.74) is -0.792. The number of aliphatic carboxylic acids is 1. The van der Waals surface area contributed by atoms with Gasteiger partial charge in [-0.25, -0.2) is 14.4 Å². The summed E-state index contributed by atoms with van der Waals surface area (Å²) < 4.78 is 37.5. The average Bonchev–Trinajstić information content (AvgIpc) is 3.17. The van der Waals surface area contributed by atoms with Crippen LogP contribution < -0.4 is 20.7 Å². The van der Waals surface area contributed by atoms with Gasteiger partial charge in [-0.05, 0) is 85.1 Å². The molecule has 0 aliphatic carbocycles. The highest BCUT2D eigenvalue weighted by Gasteiger charge is 2.27. The van der Waals surface area contributed by atoms with Crippen molar-refractivity contribution < 1.29 is 67.0 Å². The van der Waals surface area contributed by atoms with Crippen LogP contribution in [-0.4, -0.2) is 131 Å². The van der Waals surface area contributed by atoms with Crippen LogP contribution in [0.25, 0.3) is 0 Å². The van der Waals surface area contributed by atoms with Crippen molar-refractivity contribution in [3.05, 3.63) is 29.8 Å². The molecule has 17 nitrogen and oxygen atoms in total. The van der Waals surface area contributed by atoms with Gasteiger partial charge in [-0.1, -0.05) is 44.9 Å². The number of hydrogen-bond acceptors (Lipinski definition) is 13. The van der Waals surface area contributed by atoms with Crippen LogP contribution in [0, 0.1) is 0 Å². The number of amides is 3. The lowest BCUT2D eigenvalue weighted by atomic mass is 10.1. The van der Waals surface area contributed by atoms with Gasteiger partial charge in [0.05, 0.1) is 51.8 Å². The molecule has 1 atom stereocenters. The first kappa shape index (κ1) is 54.7. The van der Waals surface area contributed by atoms with Crippen molar-refractivity contribution >= 4 is 35.6 Å². The minimum atomic E-state index is -1.05. The zero-order valence-corrected chi connectivity index (χ0v) is 37.4. The smallest absolute Gasteiger partial charge is 0.338 e. The van der Waals surface area contributed by atoms with Gasteiger partial charge < -0.3 is 54.2 Å². The van der Waals surface area contributed by atoms with Crippen LogP contribution in [0.3, 0.4) is 0 Å². The van der Waals surface area contributed by atoms with Crippen molar-refractivity contribution in [3.63, 3.8) is 0 Å². The molecule has 0 saturated carbocycles. The van der Waals surface area contributed by atoms with E-state index >= 15 is 0 Å². The Morgan fingerprint density at radius 3 is 1.62 bits per heavy atom. The molecule has 1 rings (SSSR count). The highest BCUT2D eigenvalue weighted by atomic mass is 16.6. The Morgan fingerprint density at radius 2 is 1.07 bits per heavy atom. The first-order valence-corrected chi connectivity index (χ1v) is 21.5. The topological polar surface area (TPSA) is 223 Å². The van der Waals surface area contributed by atoms with E-state index in [4.69, 9.17) is 38.3 Å². The van der Waals surface area contributed by atoms with E-state index in [0.29, 0.717) is 18.6 Å². The molecular formula is C44H73N3O14. The minimum absolute atomic E-state index is 0.00411. The van der Waals surface area contributed by atoms with Gasteiger partial charge >= 0.3 is 17.9 Å². The maximum Gasteiger partial charge on any atom is 0.338 e. The molecule has 348 valence electrons. The second kappa shape index (κ2) is 32.4. The number of nitrogens with one attached hydrogen (secondary N) is 3. The molecule has 0 fully saturated rings. The molecular weight excluding hydrogens is 794 g/mol. The van der Waals surface area contributed by atoms with Crippen LogP contribution in [-0.2, 0) is 52.4 Å². The molecule has 1 aromatic carbocycles. The Bertz CT molecular complexity index is 1410. The van der Waals surface area contributed by atoms with Crippen LogP contribution in [0.1, 0.15) is 129 Å². The number of carboxylic acids is 1. The van der Waals surface area contributed by atoms with Crippen molar-refractivity contribution in [3.8, 4) is 5.75 Å². The molecule has 3 amide bonds. The molecule has 17 heteroatoms. The SMILES string of the molecule is CC(C)(C)OC(=O)c1ccc(OCCCCCCCCCCCC(=O)NC(CCC(=O)NCCOCCOCC(=O)NCCOCCOCC(=O)O)C(=O)OC(C)(C)C)cc1. The Hall–Kier alpha value is -4.32. The van der Waals surface area contributed by atoms with Gasteiger partial charge in [0, 0.05) is 25.9 Å². The lowest BCUT2D eigenvalue weighted by Crippen LogP contribution is -2.44. The fourth-order valence-electron chi connectivity index (χ4n) is 5.43. The number of hydrogen-bond donors (Lipinski definition) is 4. The van der Waals surface area contributed by atoms with E-state index in [1.807, 2.05) is 20.8 Å². The van der Waals surface area contributed by atoms with Crippen LogP contribution in [0.4, 0.5) is 0 Å². The first-order chi connectivity index (χ1) is 28.9. The predicted molar refractivity (Wildman–Crippen MR) is 227 cm³/mol. The zero-order chi connectivity index (χ0) is 45.4. The fourth-order valence-corrected chi connectivity index (χ4v) is 5.43. The third kappa shape index (κ3) is 33.0. The molecule has 0 aliphatic heterocycles. The van der Waals surface area contributed by atoms with E-state index in [-0.39, 0.29) is 109 Å². The van der Waals surface area contributed by atoms with E-state index in [9.17, 15) is 28.8 Å². The molecule has 0 saturated heterocycles. The summed E-state index contributed by atoms with van der Waals surface area (Å²) in [6.07, 6.45) is 9.51. The number of ether oxygens (including phenoxy) is 7. The molecule has 0 heterocycles. The summed E-state index contributed by atoms with van der Waals surface area (Å²) in [4.78, 5) is 72.4. The number of carbonyl (C=O) groups excluding carboxylic acids is 5. The summed E-state index contributed by atoms with van der Waals surface area (Å²) in [6, 6.07) is 6.06. The van der Waals surface area contributed by atoms with E-state index in [1.54, 1.807) is 45.0 Å². The van der Waals surface area contributed by atoms with E-state index in [1.165, 1.54) is 0 Å². The molecule has 0 radical (unpaired) electrons. The fraction of sp³-hybridized carbons (Fsp3) is 0.727. The van der Waals surface area contributed by atoms with Crippen LogP contribution in [0.2, 0.25) is 0 Å². The number of esters is 2. The van der Waals surface area contributed by atoms with Crippen molar-refractivity contribution in [2.45, 2.75) is 136 Å². The van der Waals surface area contributed by atoms with Gasteiger partial charge in [0.1, 0.15) is 36.2 Å². The zero-order valence-electron chi connectivity index (χ0n) is 37.4. The first-order valence-electron chi connectivity index (χ1n) is 21.5. The van der Waals surface area contributed by atoms with Gasteiger partial charge in [-0.15, -0.1) is 0 Å². The van der Waals surface area contributed by atoms with Crippen molar-refractivity contribution in [2.75, 3.05) is 72.6 Å². The number of unbranched alkanes of at least 4 members (excludes halogenated alkanes) is 8. The predicted octanol–water partition coefficient (Wildman–Crippen LogP) is 4.91. The second-order valence-electron chi connectivity index (χ2n) is 16.4. The van der Waals surface area contributed by atoms with Gasteiger partial charge in [0.15, 0.2) is 0 Å². The lowest BCUT2D eigenvalue weighted by Gasteiger charge is -2.24. The second-order valence-corrected chi connectivity index (χ2v) is 16.4. The number of rotatable bonds is 35.